The van der Waals surface area contributed by atoms with Crippen molar-refractivity contribution in [2.24, 2.45) is 0 Å². The van der Waals surface area contributed by atoms with Crippen molar-refractivity contribution in [3.63, 3.8) is 0 Å². The number of hydrogen-bond acceptors (Lipinski definition) is 1. The summed E-state index contributed by atoms with van der Waals surface area (Å²) in [5.41, 5.74) is 0. The molecule has 0 aliphatic heterocycles. The molecule has 0 aliphatic rings. The molecule has 11 heavy (non-hydrogen) atoms. The van der Waals surface area contributed by atoms with Crippen molar-refractivity contribution >= 4 is 20.0 Å². The molecule has 0 fully saturated rings. The van der Waals surface area contributed by atoms with Crippen LogP contribution in [-0.4, -0.2) is 15.7 Å². The van der Waals surface area contributed by atoms with Crippen molar-refractivity contribution in [1.82, 2.24) is 0 Å². The molecule has 0 aliphatic carbocycles. The molecular weight excluding hydrogens is 220 g/mol. The van der Waals surface area contributed by atoms with Crippen molar-refractivity contribution in [3.8, 4) is 0 Å². The second-order valence-electron chi connectivity index (χ2n) is 1.78. The van der Waals surface area contributed by atoms with Gasteiger partial charge in [0.25, 0.3) is 0 Å². The Morgan fingerprint density at radius 1 is 1.09 bits per heavy atom. The van der Waals surface area contributed by atoms with E-state index in [4.69, 9.17) is 0 Å². The Kier molecular flexibility index (Phi) is 2.45. The van der Waals surface area contributed by atoms with Crippen molar-refractivity contribution in [3.05, 3.63) is 29.6 Å². The summed E-state index contributed by atoms with van der Waals surface area (Å²) in [5.74, 6) is -3.48. The Hall–Kier alpha value is -0.632. The zero-order valence-electron chi connectivity index (χ0n) is 5.14. The Labute approximate surface area is 67.1 Å². The summed E-state index contributed by atoms with van der Waals surface area (Å²) < 4.78 is 46.7. The molecule has 0 unspecified atom stereocenters. The van der Waals surface area contributed by atoms with Gasteiger partial charge in [-0.05, 0) is 0 Å². The molecule has 1 nitrogen and oxygen atoms in total. The molecule has 1 rings (SSSR count). The van der Waals surface area contributed by atoms with Crippen LogP contribution in [0.4, 0.5) is 13.2 Å². The third-order valence-electron chi connectivity index (χ3n) is 1.11. The summed E-state index contributed by atoms with van der Waals surface area (Å²) in [7, 11) is 0. The minimum atomic E-state index is -1.86. The monoisotopic (exact) mass is 222 g/mol. The molecular formula is C6H2AsF3O. The first-order valence-corrected chi connectivity index (χ1v) is 4.34. The zero-order chi connectivity index (χ0) is 8.43. The standard InChI is InChI=1S/C6H2AsF3O/c8-3-1-2-4(9)6(10)5(3)7-11/h1-2H. The Morgan fingerprint density at radius 2 is 1.64 bits per heavy atom. The fraction of sp³-hybridized carbons (Fsp3) is 0. The van der Waals surface area contributed by atoms with Gasteiger partial charge in [0.15, 0.2) is 0 Å². The predicted octanol–water partition coefficient (Wildman–Crippen LogP) is 0.779. The van der Waals surface area contributed by atoms with Crippen molar-refractivity contribution in [2.75, 3.05) is 0 Å². The van der Waals surface area contributed by atoms with E-state index in [9.17, 15) is 16.9 Å². The third kappa shape index (κ3) is 1.51. The maximum atomic E-state index is 12.5. The van der Waals surface area contributed by atoms with Gasteiger partial charge >= 0.3 is 66.5 Å². The van der Waals surface area contributed by atoms with Crippen molar-refractivity contribution in [1.29, 1.82) is 0 Å². The van der Waals surface area contributed by atoms with Gasteiger partial charge in [0, 0.05) is 0 Å². The zero-order valence-corrected chi connectivity index (χ0v) is 7.02. The molecule has 0 radical (unpaired) electrons. The molecule has 0 saturated heterocycles. The van der Waals surface area contributed by atoms with Crippen molar-refractivity contribution in [2.45, 2.75) is 0 Å². The van der Waals surface area contributed by atoms with Crippen LogP contribution in [0, 0.1) is 17.5 Å². The summed E-state index contributed by atoms with van der Waals surface area (Å²) in [5, 5.41) is 0. The second-order valence-corrected chi connectivity index (χ2v) is 3.10. The number of benzene rings is 1. The van der Waals surface area contributed by atoms with Crippen LogP contribution in [0.15, 0.2) is 12.1 Å². The topological polar surface area (TPSA) is 17.1 Å². The molecule has 1 aromatic rings. The van der Waals surface area contributed by atoms with Gasteiger partial charge in [-0.25, -0.2) is 0 Å². The molecule has 0 aromatic heterocycles. The molecule has 0 saturated carbocycles. The van der Waals surface area contributed by atoms with Crippen LogP contribution in [0.1, 0.15) is 0 Å². The van der Waals surface area contributed by atoms with Crippen LogP contribution in [0.2, 0.25) is 0 Å². The Morgan fingerprint density at radius 3 is 2.09 bits per heavy atom. The van der Waals surface area contributed by atoms with Crippen LogP contribution >= 0.6 is 0 Å². The fourth-order valence-corrected chi connectivity index (χ4v) is 1.33. The number of hydrogen-bond donors (Lipinski definition) is 0. The number of rotatable bonds is 1. The van der Waals surface area contributed by atoms with Gasteiger partial charge in [0.2, 0.25) is 0 Å². The molecule has 0 amide bonds. The quantitative estimate of drug-likeness (QED) is 0.506. The average molecular weight is 222 g/mol. The second kappa shape index (κ2) is 3.18. The molecule has 58 valence electrons. The van der Waals surface area contributed by atoms with Crippen LogP contribution in [-0.2, 0) is 3.74 Å². The fourth-order valence-electron chi connectivity index (χ4n) is 0.600. The van der Waals surface area contributed by atoms with E-state index in [1.54, 1.807) is 0 Å². The normalized spacial score (nSPS) is 10.5. The van der Waals surface area contributed by atoms with Gasteiger partial charge in [-0.15, -0.1) is 0 Å². The van der Waals surface area contributed by atoms with Crippen molar-refractivity contribution < 1.29 is 16.9 Å². The van der Waals surface area contributed by atoms with Gasteiger partial charge in [-0.3, -0.25) is 0 Å². The maximum absolute atomic E-state index is 12.5. The van der Waals surface area contributed by atoms with E-state index in [0.29, 0.717) is 6.07 Å². The van der Waals surface area contributed by atoms with E-state index in [2.05, 4.69) is 0 Å². The van der Waals surface area contributed by atoms with E-state index in [1.807, 2.05) is 0 Å². The minimum absolute atomic E-state index is 0.652. The van der Waals surface area contributed by atoms with Crippen LogP contribution in [0.25, 0.3) is 0 Å². The summed E-state index contributed by atoms with van der Waals surface area (Å²) in [6.07, 6.45) is 0. The molecule has 1 aromatic carbocycles. The first kappa shape index (κ1) is 8.46. The van der Waals surface area contributed by atoms with Gasteiger partial charge in [0.1, 0.15) is 0 Å². The summed E-state index contributed by atoms with van der Waals surface area (Å²) in [4.78, 5) is 0. The van der Waals surface area contributed by atoms with Gasteiger partial charge in [-0.2, -0.15) is 0 Å². The third-order valence-corrected chi connectivity index (χ3v) is 2.35. The average Bonchev–Trinajstić information content (AvgIpc) is 1.99. The first-order chi connectivity index (χ1) is 5.16. The molecule has 0 spiro atoms. The van der Waals surface area contributed by atoms with Crippen LogP contribution in [0.3, 0.4) is 0 Å². The number of halogens is 3. The Bertz CT molecular complexity index is 300. The Balaban J connectivity index is 3.40. The predicted molar refractivity (Wildman–Crippen MR) is 32.4 cm³/mol. The van der Waals surface area contributed by atoms with Gasteiger partial charge < -0.3 is 0 Å². The SMILES string of the molecule is O=[As]c1c(F)ccc(F)c1F. The van der Waals surface area contributed by atoms with Gasteiger partial charge in [0.05, 0.1) is 0 Å². The molecule has 0 N–H and O–H groups in total. The van der Waals surface area contributed by atoms with E-state index in [1.165, 1.54) is 0 Å². The van der Waals surface area contributed by atoms with Crippen LogP contribution in [0.5, 0.6) is 0 Å². The molecule has 0 bridgehead atoms. The van der Waals surface area contributed by atoms with Gasteiger partial charge in [-0.1, -0.05) is 0 Å². The van der Waals surface area contributed by atoms with Crippen LogP contribution < -0.4 is 4.35 Å². The summed E-state index contributed by atoms with van der Waals surface area (Å²) in [6, 6.07) is 1.41. The van der Waals surface area contributed by atoms with E-state index in [0.717, 1.165) is 6.07 Å². The summed E-state index contributed by atoms with van der Waals surface area (Å²) in [6.45, 7) is 0. The molecule has 5 heteroatoms. The van der Waals surface area contributed by atoms with E-state index >= 15 is 0 Å². The first-order valence-electron chi connectivity index (χ1n) is 2.63. The molecule has 0 heterocycles. The van der Waals surface area contributed by atoms with E-state index < -0.39 is 37.5 Å². The summed E-state index contributed by atoms with van der Waals surface area (Å²) >= 11 is -1.86. The van der Waals surface area contributed by atoms with E-state index in [-0.39, 0.29) is 0 Å². The molecule has 0 atom stereocenters.